The predicted molar refractivity (Wildman–Crippen MR) is 68.3 cm³/mol. The van der Waals surface area contributed by atoms with Crippen LogP contribution < -0.4 is 5.32 Å². The molecule has 1 amide bonds. The third-order valence-electron chi connectivity index (χ3n) is 2.68. The van der Waals surface area contributed by atoms with Crippen molar-refractivity contribution in [3.8, 4) is 0 Å². The number of nitrogens with zero attached hydrogens (tertiary/aromatic N) is 2. The monoisotopic (exact) mass is 238 g/mol. The lowest BCUT2D eigenvalue weighted by atomic mass is 10.1. The van der Waals surface area contributed by atoms with Crippen molar-refractivity contribution in [2.24, 2.45) is 0 Å². The van der Waals surface area contributed by atoms with E-state index < -0.39 is 0 Å². The van der Waals surface area contributed by atoms with Crippen molar-refractivity contribution >= 4 is 22.4 Å². The first kappa shape index (κ1) is 10.5. The zero-order valence-electron chi connectivity index (χ0n) is 9.42. The number of nitrogens with one attached hydrogen (secondary N) is 2. The van der Waals surface area contributed by atoms with E-state index in [0.29, 0.717) is 5.69 Å². The number of aromatic amines is 1. The van der Waals surface area contributed by atoms with Gasteiger partial charge in [0, 0.05) is 24.0 Å². The molecule has 0 aliphatic rings. The molecule has 0 radical (unpaired) electrons. The molecule has 5 heteroatoms. The van der Waals surface area contributed by atoms with Crippen LogP contribution in [0.1, 0.15) is 10.5 Å². The molecule has 0 fully saturated rings. The largest absolute Gasteiger partial charge is 0.320 e. The van der Waals surface area contributed by atoms with Crippen molar-refractivity contribution in [1.29, 1.82) is 0 Å². The van der Waals surface area contributed by atoms with Gasteiger partial charge in [-0.1, -0.05) is 12.1 Å². The SMILES string of the molecule is O=C(Nc1cccc2ccncc12)c1ccn[nH]1. The van der Waals surface area contributed by atoms with Crippen LogP contribution in [-0.4, -0.2) is 21.1 Å². The van der Waals surface area contributed by atoms with Crippen LogP contribution in [-0.2, 0) is 0 Å². The van der Waals surface area contributed by atoms with E-state index in [4.69, 9.17) is 0 Å². The lowest BCUT2D eigenvalue weighted by Crippen LogP contribution is -2.12. The Balaban J connectivity index is 1.98. The van der Waals surface area contributed by atoms with Crippen molar-refractivity contribution in [3.63, 3.8) is 0 Å². The lowest BCUT2D eigenvalue weighted by Gasteiger charge is -2.07. The summed E-state index contributed by atoms with van der Waals surface area (Å²) in [6.07, 6.45) is 5.00. The van der Waals surface area contributed by atoms with Gasteiger partial charge >= 0.3 is 0 Å². The second kappa shape index (κ2) is 4.29. The molecule has 0 saturated carbocycles. The molecule has 0 spiro atoms. The zero-order valence-corrected chi connectivity index (χ0v) is 9.42. The fraction of sp³-hybridized carbons (Fsp3) is 0. The van der Waals surface area contributed by atoms with Gasteiger partial charge in [0.05, 0.1) is 5.69 Å². The number of carbonyl (C=O) groups is 1. The van der Waals surface area contributed by atoms with Gasteiger partial charge < -0.3 is 5.32 Å². The zero-order chi connectivity index (χ0) is 12.4. The molecule has 0 aliphatic heterocycles. The minimum Gasteiger partial charge on any atom is -0.320 e. The number of H-pyrrole nitrogens is 1. The first-order valence-electron chi connectivity index (χ1n) is 5.48. The molecule has 88 valence electrons. The Morgan fingerprint density at radius 1 is 1.17 bits per heavy atom. The second-order valence-electron chi connectivity index (χ2n) is 3.83. The van der Waals surface area contributed by atoms with Gasteiger partial charge in [-0.25, -0.2) is 0 Å². The van der Waals surface area contributed by atoms with Gasteiger partial charge in [-0.15, -0.1) is 0 Å². The third kappa shape index (κ3) is 1.82. The van der Waals surface area contributed by atoms with E-state index in [1.54, 1.807) is 24.7 Å². The summed E-state index contributed by atoms with van der Waals surface area (Å²) in [4.78, 5) is 16.0. The highest BCUT2D eigenvalue weighted by molar-refractivity contribution is 6.07. The average Bonchev–Trinajstić information content (AvgIpc) is 2.93. The Bertz CT molecular complexity index is 686. The molecule has 0 unspecified atom stereocenters. The number of fused-ring (bicyclic) bond motifs is 1. The summed E-state index contributed by atoms with van der Waals surface area (Å²) < 4.78 is 0. The van der Waals surface area contributed by atoms with E-state index in [1.165, 1.54) is 0 Å². The van der Waals surface area contributed by atoms with E-state index in [1.807, 2.05) is 24.3 Å². The normalized spacial score (nSPS) is 10.4. The number of anilines is 1. The molecule has 2 aromatic heterocycles. The van der Waals surface area contributed by atoms with Crippen molar-refractivity contribution < 1.29 is 4.79 Å². The Kier molecular flexibility index (Phi) is 2.49. The lowest BCUT2D eigenvalue weighted by molar-refractivity contribution is 0.102. The summed E-state index contributed by atoms with van der Waals surface area (Å²) in [5, 5.41) is 11.2. The van der Waals surface area contributed by atoms with Crippen LogP contribution in [0.15, 0.2) is 48.9 Å². The number of pyridine rings is 1. The van der Waals surface area contributed by atoms with E-state index in [0.717, 1.165) is 16.5 Å². The van der Waals surface area contributed by atoms with Gasteiger partial charge in [0.25, 0.3) is 5.91 Å². The molecule has 0 aliphatic carbocycles. The molecular weight excluding hydrogens is 228 g/mol. The van der Waals surface area contributed by atoms with Crippen LogP contribution >= 0.6 is 0 Å². The Morgan fingerprint density at radius 3 is 2.94 bits per heavy atom. The van der Waals surface area contributed by atoms with E-state index >= 15 is 0 Å². The highest BCUT2D eigenvalue weighted by Gasteiger charge is 2.08. The van der Waals surface area contributed by atoms with Crippen LogP contribution in [0.5, 0.6) is 0 Å². The number of carbonyl (C=O) groups excluding carboxylic acids is 1. The number of amides is 1. The van der Waals surface area contributed by atoms with E-state index in [2.05, 4.69) is 20.5 Å². The molecular formula is C13H10N4O. The maximum atomic E-state index is 11.9. The highest BCUT2D eigenvalue weighted by atomic mass is 16.1. The van der Waals surface area contributed by atoms with Crippen LogP contribution in [0.3, 0.4) is 0 Å². The summed E-state index contributed by atoms with van der Waals surface area (Å²) in [5.74, 6) is -0.219. The average molecular weight is 238 g/mol. The van der Waals surface area contributed by atoms with Gasteiger partial charge in [0.1, 0.15) is 5.69 Å². The summed E-state index contributed by atoms with van der Waals surface area (Å²) in [5.41, 5.74) is 1.16. The molecule has 3 rings (SSSR count). The summed E-state index contributed by atoms with van der Waals surface area (Å²) in [7, 11) is 0. The van der Waals surface area contributed by atoms with E-state index in [9.17, 15) is 4.79 Å². The minimum atomic E-state index is -0.219. The van der Waals surface area contributed by atoms with E-state index in [-0.39, 0.29) is 5.91 Å². The van der Waals surface area contributed by atoms with Gasteiger partial charge in [-0.3, -0.25) is 14.9 Å². The van der Waals surface area contributed by atoms with Crippen molar-refractivity contribution in [3.05, 3.63) is 54.6 Å². The first-order chi connectivity index (χ1) is 8.84. The summed E-state index contributed by atoms with van der Waals surface area (Å²) in [6, 6.07) is 9.24. The van der Waals surface area contributed by atoms with Crippen LogP contribution in [0.2, 0.25) is 0 Å². The second-order valence-corrected chi connectivity index (χ2v) is 3.83. The summed E-state index contributed by atoms with van der Waals surface area (Å²) in [6.45, 7) is 0. The molecule has 2 heterocycles. The predicted octanol–water partition coefficient (Wildman–Crippen LogP) is 2.21. The maximum absolute atomic E-state index is 11.9. The molecule has 18 heavy (non-hydrogen) atoms. The van der Waals surface area contributed by atoms with Crippen molar-refractivity contribution in [2.75, 3.05) is 5.32 Å². The fourth-order valence-electron chi connectivity index (χ4n) is 1.79. The Labute approximate surface area is 103 Å². The van der Waals surface area contributed by atoms with Crippen LogP contribution in [0, 0.1) is 0 Å². The number of rotatable bonds is 2. The minimum absolute atomic E-state index is 0.219. The standard InChI is InChI=1S/C13H10N4O/c18-13(12-5-7-15-17-12)16-11-3-1-2-9-4-6-14-8-10(9)11/h1-8H,(H,15,17)(H,16,18). The number of hydrogen-bond acceptors (Lipinski definition) is 3. The van der Waals surface area contributed by atoms with Crippen LogP contribution in [0.4, 0.5) is 5.69 Å². The molecule has 0 saturated heterocycles. The van der Waals surface area contributed by atoms with Gasteiger partial charge in [0.2, 0.25) is 0 Å². The molecule has 1 aromatic carbocycles. The number of aromatic nitrogens is 3. The quantitative estimate of drug-likeness (QED) is 0.719. The van der Waals surface area contributed by atoms with Gasteiger partial charge in [-0.2, -0.15) is 5.10 Å². The molecule has 3 aromatic rings. The maximum Gasteiger partial charge on any atom is 0.273 e. The number of benzene rings is 1. The van der Waals surface area contributed by atoms with Crippen molar-refractivity contribution in [2.45, 2.75) is 0 Å². The van der Waals surface area contributed by atoms with Crippen molar-refractivity contribution in [1.82, 2.24) is 15.2 Å². The number of hydrogen-bond donors (Lipinski definition) is 2. The van der Waals surface area contributed by atoms with Gasteiger partial charge in [-0.05, 0) is 23.6 Å². The summed E-state index contributed by atoms with van der Waals surface area (Å²) >= 11 is 0. The smallest absolute Gasteiger partial charge is 0.273 e. The molecule has 0 atom stereocenters. The topological polar surface area (TPSA) is 70.7 Å². The Hall–Kier alpha value is -2.69. The Morgan fingerprint density at radius 2 is 2.11 bits per heavy atom. The highest BCUT2D eigenvalue weighted by Crippen LogP contribution is 2.22. The van der Waals surface area contributed by atoms with Crippen LogP contribution in [0.25, 0.3) is 10.8 Å². The third-order valence-corrected chi connectivity index (χ3v) is 2.68. The first-order valence-corrected chi connectivity index (χ1v) is 5.48. The molecule has 5 nitrogen and oxygen atoms in total. The fourth-order valence-corrected chi connectivity index (χ4v) is 1.79. The molecule has 0 bridgehead atoms. The van der Waals surface area contributed by atoms with Gasteiger partial charge in [0.15, 0.2) is 0 Å². The molecule has 2 N–H and O–H groups in total.